The second kappa shape index (κ2) is 9.11. The van der Waals surface area contributed by atoms with Crippen LogP contribution in [0.2, 0.25) is 0 Å². The summed E-state index contributed by atoms with van der Waals surface area (Å²) in [7, 11) is 0. The fraction of sp³-hybridized carbons (Fsp3) is 0.286. The van der Waals surface area contributed by atoms with Gasteiger partial charge in [-0.3, -0.25) is 14.5 Å². The Morgan fingerprint density at radius 2 is 1.23 bits per heavy atom. The van der Waals surface area contributed by atoms with Crippen LogP contribution in [-0.4, -0.2) is 5.78 Å². The predicted molar refractivity (Wildman–Crippen MR) is 113 cm³/mol. The summed E-state index contributed by atoms with van der Waals surface area (Å²) >= 11 is 11.0. The highest BCUT2D eigenvalue weighted by Gasteiger charge is 2.25. The van der Waals surface area contributed by atoms with Crippen LogP contribution in [0.15, 0.2) is 60.2 Å². The van der Waals surface area contributed by atoms with Gasteiger partial charge in [-0.15, -0.1) is 0 Å². The van der Waals surface area contributed by atoms with Gasteiger partial charge in [-0.25, -0.2) is 0 Å². The molecule has 26 heavy (non-hydrogen) atoms. The van der Waals surface area contributed by atoms with Crippen molar-refractivity contribution in [3.05, 3.63) is 60.2 Å². The zero-order chi connectivity index (χ0) is 19.2. The lowest BCUT2D eigenvalue weighted by Crippen LogP contribution is -2.20. The molecule has 2 aromatic rings. The summed E-state index contributed by atoms with van der Waals surface area (Å²) in [6.07, 6.45) is 3.55. The lowest BCUT2D eigenvalue weighted by molar-refractivity contribution is -0.117. The van der Waals surface area contributed by atoms with Crippen molar-refractivity contribution >= 4 is 40.7 Å². The summed E-state index contributed by atoms with van der Waals surface area (Å²) in [4.78, 5) is 16.2. The van der Waals surface area contributed by atoms with Crippen LogP contribution in [0, 0.1) is 5.41 Å². The molecule has 1 aliphatic carbocycles. The fourth-order valence-electron chi connectivity index (χ4n) is 3.12. The van der Waals surface area contributed by atoms with Gasteiger partial charge in [-0.2, -0.15) is 0 Å². The van der Waals surface area contributed by atoms with Crippen molar-refractivity contribution in [1.29, 1.82) is 0 Å². The summed E-state index contributed by atoms with van der Waals surface area (Å²) in [6.45, 7) is 6.31. The van der Waals surface area contributed by atoms with Crippen molar-refractivity contribution in [1.82, 2.24) is 0 Å². The molecule has 0 atom stereocenters. The first-order chi connectivity index (χ1) is 12.3. The first-order valence-corrected chi connectivity index (χ1v) is 9.22. The molecule has 3 nitrogen and oxygen atoms in total. The molecular formula is C21H24Cl2N2O. The SMILES string of the molecule is CC1=CC(=O)CC(C)(C)C1.ClNc1ccc(-c2ccc(NCl)cc2)cc1. The Labute approximate surface area is 165 Å². The van der Waals surface area contributed by atoms with E-state index >= 15 is 0 Å². The van der Waals surface area contributed by atoms with Gasteiger partial charge in [-0.05, 0) is 60.2 Å². The van der Waals surface area contributed by atoms with Crippen molar-refractivity contribution in [2.75, 3.05) is 9.67 Å². The second-order valence-corrected chi connectivity index (χ2v) is 7.70. The van der Waals surface area contributed by atoms with Crippen LogP contribution in [0.3, 0.4) is 0 Å². The van der Waals surface area contributed by atoms with E-state index in [0.29, 0.717) is 6.42 Å². The highest BCUT2D eigenvalue weighted by Crippen LogP contribution is 2.32. The third-order valence-electron chi connectivity index (χ3n) is 4.14. The zero-order valence-electron chi connectivity index (χ0n) is 15.3. The largest absolute Gasteiger partial charge is 0.299 e. The quantitative estimate of drug-likeness (QED) is 0.565. The molecule has 0 aromatic heterocycles. The minimum Gasteiger partial charge on any atom is -0.299 e. The number of hydrogen-bond acceptors (Lipinski definition) is 3. The first-order valence-electron chi connectivity index (χ1n) is 8.47. The van der Waals surface area contributed by atoms with E-state index < -0.39 is 0 Å². The van der Waals surface area contributed by atoms with E-state index in [1.165, 1.54) is 5.57 Å². The molecule has 0 bridgehead atoms. The molecule has 0 saturated heterocycles. The fourth-order valence-corrected chi connectivity index (χ4v) is 3.37. The molecule has 0 spiro atoms. The van der Waals surface area contributed by atoms with Crippen LogP contribution < -0.4 is 9.67 Å². The highest BCUT2D eigenvalue weighted by atomic mass is 35.5. The number of carbonyl (C=O) groups is 1. The van der Waals surface area contributed by atoms with E-state index in [4.69, 9.17) is 23.6 Å². The van der Waals surface area contributed by atoms with Crippen molar-refractivity contribution in [2.24, 2.45) is 5.41 Å². The van der Waals surface area contributed by atoms with Crippen LogP contribution >= 0.6 is 23.6 Å². The van der Waals surface area contributed by atoms with E-state index in [9.17, 15) is 4.79 Å². The number of carbonyl (C=O) groups excluding carboxylic acids is 1. The Balaban J connectivity index is 0.000000209. The highest BCUT2D eigenvalue weighted by molar-refractivity contribution is 6.24. The van der Waals surface area contributed by atoms with E-state index in [-0.39, 0.29) is 11.2 Å². The molecule has 2 N–H and O–H groups in total. The van der Waals surface area contributed by atoms with Crippen molar-refractivity contribution < 1.29 is 4.79 Å². The van der Waals surface area contributed by atoms with Crippen LogP contribution in [0.4, 0.5) is 11.4 Å². The predicted octanol–water partition coefficient (Wildman–Crippen LogP) is 6.81. The van der Waals surface area contributed by atoms with Gasteiger partial charge in [0.1, 0.15) is 0 Å². The van der Waals surface area contributed by atoms with Crippen molar-refractivity contribution in [3.8, 4) is 11.1 Å². The van der Waals surface area contributed by atoms with E-state index in [1.54, 1.807) is 6.08 Å². The molecule has 2 aromatic carbocycles. The molecule has 0 heterocycles. The summed E-state index contributed by atoms with van der Waals surface area (Å²) < 4.78 is 0. The molecule has 0 saturated carbocycles. The lowest BCUT2D eigenvalue weighted by atomic mass is 9.77. The normalized spacial score (nSPS) is 15.4. The minimum atomic E-state index is 0.204. The Morgan fingerprint density at radius 1 is 0.808 bits per heavy atom. The topological polar surface area (TPSA) is 41.1 Å². The maximum absolute atomic E-state index is 11.0. The minimum absolute atomic E-state index is 0.204. The molecule has 0 radical (unpaired) electrons. The van der Waals surface area contributed by atoms with Crippen LogP contribution in [-0.2, 0) is 4.79 Å². The maximum atomic E-state index is 11.0. The van der Waals surface area contributed by atoms with Crippen LogP contribution in [0.1, 0.15) is 33.6 Å². The van der Waals surface area contributed by atoms with Gasteiger partial charge in [0.25, 0.3) is 0 Å². The summed E-state index contributed by atoms with van der Waals surface area (Å²) in [5.41, 5.74) is 5.46. The number of ketones is 1. The lowest BCUT2D eigenvalue weighted by Gasteiger charge is -2.27. The first kappa shape index (κ1) is 20.3. The number of rotatable bonds is 3. The molecule has 0 fully saturated rings. The Hall–Kier alpha value is -1.97. The molecule has 5 heteroatoms. The van der Waals surface area contributed by atoms with Gasteiger partial charge < -0.3 is 0 Å². The maximum Gasteiger partial charge on any atom is 0.156 e. The molecule has 0 amide bonds. The number of allylic oxidation sites excluding steroid dienone is 2. The van der Waals surface area contributed by atoms with Crippen LogP contribution in [0.5, 0.6) is 0 Å². The number of halogens is 2. The second-order valence-electron chi connectivity index (χ2n) is 7.32. The molecule has 0 aliphatic heterocycles. The van der Waals surface area contributed by atoms with E-state index in [2.05, 4.69) is 23.5 Å². The number of nitrogens with one attached hydrogen (secondary N) is 2. The Bertz CT molecular complexity index is 720. The third kappa shape index (κ3) is 6.08. The van der Waals surface area contributed by atoms with E-state index in [1.807, 2.05) is 55.5 Å². The van der Waals surface area contributed by atoms with Crippen molar-refractivity contribution in [3.63, 3.8) is 0 Å². The van der Waals surface area contributed by atoms with Crippen molar-refractivity contribution in [2.45, 2.75) is 33.6 Å². The van der Waals surface area contributed by atoms with Gasteiger partial charge in [-0.1, -0.05) is 43.7 Å². The molecule has 3 rings (SSSR count). The molecule has 1 aliphatic rings. The number of anilines is 2. The third-order valence-corrected chi connectivity index (χ3v) is 4.58. The number of benzene rings is 2. The van der Waals surface area contributed by atoms with Crippen LogP contribution in [0.25, 0.3) is 11.1 Å². The summed E-state index contributed by atoms with van der Waals surface area (Å²) in [6, 6.07) is 15.7. The monoisotopic (exact) mass is 390 g/mol. The smallest absolute Gasteiger partial charge is 0.156 e. The van der Waals surface area contributed by atoms with Gasteiger partial charge in [0.15, 0.2) is 5.78 Å². The van der Waals surface area contributed by atoms with E-state index in [0.717, 1.165) is 28.9 Å². The molecular weight excluding hydrogens is 367 g/mol. The van der Waals surface area contributed by atoms with Gasteiger partial charge in [0.05, 0.1) is 0 Å². The molecule has 0 unspecified atom stereocenters. The summed E-state index contributed by atoms with van der Waals surface area (Å²) in [5, 5.41) is 0. The zero-order valence-corrected chi connectivity index (χ0v) is 16.8. The average Bonchev–Trinajstić information content (AvgIpc) is 2.60. The standard InChI is InChI=1S/C12H10Cl2N2.C9H14O/c13-15-11-5-1-9(2-6-11)10-3-7-12(16-14)8-4-10;1-7-4-8(10)6-9(2,3)5-7/h1-8,15-16H;4H,5-6H2,1-3H3. The number of hydrogen-bond donors (Lipinski definition) is 2. The Kier molecular flexibility index (Phi) is 7.13. The Morgan fingerprint density at radius 3 is 1.54 bits per heavy atom. The molecule has 138 valence electrons. The average molecular weight is 391 g/mol. The van der Waals surface area contributed by atoms with Gasteiger partial charge in [0, 0.05) is 41.3 Å². The van der Waals surface area contributed by atoms with Gasteiger partial charge >= 0.3 is 0 Å². The van der Waals surface area contributed by atoms with Gasteiger partial charge in [0.2, 0.25) is 0 Å². The summed E-state index contributed by atoms with van der Waals surface area (Å²) in [5.74, 6) is 0.286.